The molecular formula is C28H34N2O5. The Kier molecular flexibility index (Phi) is 7.73. The first-order valence-electron chi connectivity index (χ1n) is 12.5. The first kappa shape index (κ1) is 24.8. The molecule has 35 heavy (non-hydrogen) atoms. The first-order valence-corrected chi connectivity index (χ1v) is 12.5. The molecule has 186 valence electrons. The maximum absolute atomic E-state index is 13.0. The summed E-state index contributed by atoms with van der Waals surface area (Å²) < 4.78 is 5.69. The molecule has 2 aliphatic rings. The van der Waals surface area contributed by atoms with Crippen molar-refractivity contribution in [2.75, 3.05) is 6.61 Å². The highest BCUT2D eigenvalue weighted by Crippen LogP contribution is 2.44. The lowest BCUT2D eigenvalue weighted by molar-refractivity contribution is -0.144. The van der Waals surface area contributed by atoms with Gasteiger partial charge in [-0.1, -0.05) is 81.6 Å². The molecule has 2 unspecified atom stereocenters. The quantitative estimate of drug-likeness (QED) is 0.501. The predicted octanol–water partition coefficient (Wildman–Crippen LogP) is 4.70. The highest BCUT2D eigenvalue weighted by Gasteiger charge is 2.35. The third kappa shape index (κ3) is 5.50. The molecule has 1 fully saturated rings. The summed E-state index contributed by atoms with van der Waals surface area (Å²) in [7, 11) is 0. The van der Waals surface area contributed by atoms with Crippen LogP contribution in [0.5, 0.6) is 0 Å². The molecule has 2 aliphatic carbocycles. The number of alkyl carbamates (subject to hydrolysis) is 1. The molecular weight excluding hydrogens is 444 g/mol. The Bertz CT molecular complexity index is 1040. The van der Waals surface area contributed by atoms with Crippen LogP contribution in [-0.2, 0) is 14.3 Å². The Balaban J connectivity index is 1.42. The molecule has 0 radical (unpaired) electrons. The Hall–Kier alpha value is -3.35. The molecule has 2 aromatic carbocycles. The molecule has 0 spiro atoms. The molecule has 3 atom stereocenters. The van der Waals surface area contributed by atoms with Crippen LogP contribution >= 0.6 is 0 Å². The smallest absolute Gasteiger partial charge is 0.407 e. The molecule has 2 amide bonds. The number of carboxylic acids is 1. The van der Waals surface area contributed by atoms with Crippen molar-refractivity contribution in [2.45, 2.75) is 64.0 Å². The number of aliphatic carboxylic acids is 1. The molecule has 4 rings (SSSR count). The number of rotatable bonds is 7. The number of hydrogen-bond acceptors (Lipinski definition) is 4. The van der Waals surface area contributed by atoms with Gasteiger partial charge in [0.2, 0.25) is 5.91 Å². The molecule has 0 bridgehead atoms. The lowest BCUT2D eigenvalue weighted by Crippen LogP contribution is -2.51. The first-order chi connectivity index (χ1) is 16.9. The zero-order chi connectivity index (χ0) is 24.9. The van der Waals surface area contributed by atoms with Crippen molar-refractivity contribution >= 4 is 18.0 Å². The Labute approximate surface area is 206 Å². The van der Waals surface area contributed by atoms with Crippen LogP contribution in [0.2, 0.25) is 0 Å². The lowest BCUT2D eigenvalue weighted by Gasteiger charge is -2.27. The number of nitrogens with one attached hydrogen (secondary N) is 2. The molecule has 0 heterocycles. The molecule has 0 saturated heterocycles. The van der Waals surface area contributed by atoms with Gasteiger partial charge in [0.1, 0.15) is 12.6 Å². The number of benzene rings is 2. The van der Waals surface area contributed by atoms with Gasteiger partial charge in [-0.05, 0) is 41.0 Å². The maximum Gasteiger partial charge on any atom is 0.407 e. The Morgan fingerprint density at radius 1 is 0.943 bits per heavy atom. The number of carbonyl (C=O) groups is 3. The van der Waals surface area contributed by atoms with Crippen molar-refractivity contribution in [2.24, 2.45) is 11.8 Å². The van der Waals surface area contributed by atoms with E-state index in [1.807, 2.05) is 24.3 Å². The van der Waals surface area contributed by atoms with Gasteiger partial charge in [-0.3, -0.25) is 4.79 Å². The average Bonchev–Trinajstić information content (AvgIpc) is 2.97. The summed E-state index contributed by atoms with van der Waals surface area (Å²) in [6.45, 7) is 3.73. The summed E-state index contributed by atoms with van der Waals surface area (Å²) in [6.07, 6.45) is 3.44. The van der Waals surface area contributed by atoms with Gasteiger partial charge in [0.25, 0.3) is 0 Å². The van der Waals surface area contributed by atoms with Crippen LogP contribution in [0.1, 0.15) is 63.0 Å². The molecule has 7 nitrogen and oxygen atoms in total. The zero-order valence-electron chi connectivity index (χ0n) is 20.3. The van der Waals surface area contributed by atoms with Crippen molar-refractivity contribution in [3.8, 4) is 11.1 Å². The Morgan fingerprint density at radius 3 is 2.14 bits per heavy atom. The normalized spacial score (nSPS) is 20.3. The minimum absolute atomic E-state index is 0.0382. The standard InChI is InChI=1S/C28H34N2O5/c1-17(2)25(27(32)33)30-26(31)22-14-4-3-5-15-24(22)29-28(34)35-16-23-20-12-8-6-10-18(20)19-11-7-9-13-21(19)23/h6-13,17,22-25H,3-5,14-16H2,1-2H3,(H,29,34)(H,30,31)(H,32,33)/t22?,24?,25-/m1/s1. The van der Waals surface area contributed by atoms with E-state index in [0.29, 0.717) is 12.8 Å². The van der Waals surface area contributed by atoms with Crippen LogP contribution in [0.15, 0.2) is 48.5 Å². The van der Waals surface area contributed by atoms with Crippen LogP contribution in [0, 0.1) is 11.8 Å². The molecule has 0 aromatic heterocycles. The van der Waals surface area contributed by atoms with Gasteiger partial charge in [-0.15, -0.1) is 0 Å². The fraction of sp³-hybridized carbons (Fsp3) is 0.464. The van der Waals surface area contributed by atoms with Gasteiger partial charge >= 0.3 is 12.1 Å². The van der Waals surface area contributed by atoms with E-state index in [1.165, 1.54) is 0 Å². The van der Waals surface area contributed by atoms with Gasteiger partial charge in [0, 0.05) is 12.0 Å². The van der Waals surface area contributed by atoms with Gasteiger partial charge in [0.15, 0.2) is 0 Å². The van der Waals surface area contributed by atoms with E-state index < -0.39 is 30.1 Å². The maximum atomic E-state index is 13.0. The number of hydrogen-bond donors (Lipinski definition) is 3. The fourth-order valence-electron chi connectivity index (χ4n) is 5.36. The highest BCUT2D eigenvalue weighted by atomic mass is 16.5. The second-order valence-corrected chi connectivity index (χ2v) is 9.89. The number of carbonyl (C=O) groups excluding carboxylic acids is 2. The SMILES string of the molecule is CC(C)[C@@H](NC(=O)C1CCCCCC1NC(=O)OCC1c2ccccc2-c2ccccc21)C(=O)O. The van der Waals surface area contributed by atoms with E-state index in [-0.39, 0.29) is 24.3 Å². The number of ether oxygens (including phenoxy) is 1. The number of fused-ring (bicyclic) bond motifs is 3. The second-order valence-electron chi connectivity index (χ2n) is 9.89. The van der Waals surface area contributed by atoms with Crippen molar-refractivity contribution in [3.05, 3.63) is 59.7 Å². The van der Waals surface area contributed by atoms with Crippen LogP contribution in [0.3, 0.4) is 0 Å². The molecule has 3 N–H and O–H groups in total. The summed E-state index contributed by atoms with van der Waals surface area (Å²) in [5.74, 6) is -2.14. The number of amides is 2. The average molecular weight is 479 g/mol. The molecule has 0 aliphatic heterocycles. The van der Waals surface area contributed by atoms with Gasteiger partial charge in [-0.2, -0.15) is 0 Å². The minimum Gasteiger partial charge on any atom is -0.480 e. The van der Waals surface area contributed by atoms with Crippen molar-refractivity contribution in [3.63, 3.8) is 0 Å². The van der Waals surface area contributed by atoms with E-state index in [2.05, 4.69) is 34.9 Å². The van der Waals surface area contributed by atoms with Crippen molar-refractivity contribution in [1.82, 2.24) is 10.6 Å². The van der Waals surface area contributed by atoms with Crippen LogP contribution in [-0.4, -0.2) is 41.8 Å². The van der Waals surface area contributed by atoms with Crippen molar-refractivity contribution in [1.29, 1.82) is 0 Å². The van der Waals surface area contributed by atoms with E-state index in [1.54, 1.807) is 13.8 Å². The molecule has 2 aromatic rings. The fourth-order valence-corrected chi connectivity index (χ4v) is 5.36. The van der Waals surface area contributed by atoms with Crippen molar-refractivity contribution < 1.29 is 24.2 Å². The van der Waals surface area contributed by atoms with E-state index >= 15 is 0 Å². The van der Waals surface area contributed by atoms with Gasteiger partial charge in [0.05, 0.1) is 5.92 Å². The lowest BCUT2D eigenvalue weighted by atomic mass is 9.92. The molecule has 7 heteroatoms. The largest absolute Gasteiger partial charge is 0.480 e. The highest BCUT2D eigenvalue weighted by molar-refractivity contribution is 5.86. The summed E-state index contributed by atoms with van der Waals surface area (Å²) in [6, 6.07) is 15.0. The summed E-state index contributed by atoms with van der Waals surface area (Å²) in [4.78, 5) is 37.5. The summed E-state index contributed by atoms with van der Waals surface area (Å²) in [5, 5.41) is 15.1. The van der Waals surface area contributed by atoms with E-state index in [0.717, 1.165) is 41.5 Å². The van der Waals surface area contributed by atoms with Crippen LogP contribution in [0.25, 0.3) is 11.1 Å². The number of carboxylic acid groups (broad SMARTS) is 1. The summed E-state index contributed by atoms with van der Waals surface area (Å²) in [5.41, 5.74) is 4.61. The molecule has 1 saturated carbocycles. The third-order valence-electron chi connectivity index (χ3n) is 7.23. The second kappa shape index (κ2) is 10.9. The predicted molar refractivity (Wildman–Crippen MR) is 133 cm³/mol. The zero-order valence-corrected chi connectivity index (χ0v) is 20.3. The topological polar surface area (TPSA) is 105 Å². The van der Waals surface area contributed by atoms with E-state index in [4.69, 9.17) is 4.74 Å². The van der Waals surface area contributed by atoms with Gasteiger partial charge < -0.3 is 20.5 Å². The summed E-state index contributed by atoms with van der Waals surface area (Å²) >= 11 is 0. The van der Waals surface area contributed by atoms with Gasteiger partial charge in [-0.25, -0.2) is 9.59 Å². The Morgan fingerprint density at radius 2 is 1.54 bits per heavy atom. The van der Waals surface area contributed by atoms with E-state index in [9.17, 15) is 19.5 Å². The minimum atomic E-state index is -1.05. The third-order valence-corrected chi connectivity index (χ3v) is 7.23. The van der Waals surface area contributed by atoms with Crippen LogP contribution < -0.4 is 10.6 Å². The monoisotopic (exact) mass is 478 g/mol. The van der Waals surface area contributed by atoms with Crippen LogP contribution in [0.4, 0.5) is 4.79 Å².